The Morgan fingerprint density at radius 3 is 2.63 bits per heavy atom. The van der Waals surface area contributed by atoms with E-state index in [2.05, 4.69) is 0 Å². The fourth-order valence-corrected chi connectivity index (χ4v) is 3.39. The number of oxazole rings is 1. The second-order valence-corrected chi connectivity index (χ2v) is 6.80. The molecule has 0 unspecified atom stereocenters. The van der Waals surface area contributed by atoms with E-state index in [9.17, 15) is 14.0 Å². The van der Waals surface area contributed by atoms with Crippen molar-refractivity contribution in [3.8, 4) is 0 Å². The molecular formula is C20H20ClFN2O3. The van der Waals surface area contributed by atoms with Crippen molar-refractivity contribution in [2.75, 3.05) is 7.05 Å². The van der Waals surface area contributed by atoms with E-state index in [1.54, 1.807) is 42.3 Å². The molecule has 0 aliphatic rings. The summed E-state index contributed by atoms with van der Waals surface area (Å²) >= 11 is 5.91. The first-order valence-corrected chi connectivity index (χ1v) is 9.08. The number of amides is 1. The number of hydrogen-bond acceptors (Lipinski definition) is 3. The minimum absolute atomic E-state index is 0.110. The Morgan fingerprint density at radius 1 is 1.26 bits per heavy atom. The lowest BCUT2D eigenvalue weighted by atomic mass is 10.0. The van der Waals surface area contributed by atoms with Crippen molar-refractivity contribution >= 4 is 28.6 Å². The first kappa shape index (κ1) is 19.2. The molecule has 7 heteroatoms. The van der Waals surface area contributed by atoms with Crippen molar-refractivity contribution in [3.63, 3.8) is 0 Å². The molecular weight excluding hydrogens is 371 g/mol. The van der Waals surface area contributed by atoms with Gasteiger partial charge in [-0.25, -0.2) is 9.18 Å². The number of carbonyl (C=O) groups excluding carboxylic acids is 1. The Morgan fingerprint density at radius 2 is 1.96 bits per heavy atom. The molecule has 1 aromatic heterocycles. The number of benzene rings is 2. The Labute approximate surface area is 161 Å². The molecule has 27 heavy (non-hydrogen) atoms. The predicted octanol–water partition coefficient (Wildman–Crippen LogP) is 4.39. The number of aromatic nitrogens is 1. The molecule has 0 saturated heterocycles. The summed E-state index contributed by atoms with van der Waals surface area (Å²) in [6.07, 6.45) is 0.840. The van der Waals surface area contributed by atoms with E-state index in [1.165, 1.54) is 16.7 Å². The predicted molar refractivity (Wildman–Crippen MR) is 102 cm³/mol. The number of aryl methyl sites for hydroxylation is 1. The number of halogens is 2. The first-order chi connectivity index (χ1) is 12.9. The van der Waals surface area contributed by atoms with E-state index in [0.717, 1.165) is 5.56 Å². The molecule has 1 atom stereocenters. The molecule has 2 aromatic carbocycles. The molecule has 142 valence electrons. The zero-order valence-electron chi connectivity index (χ0n) is 15.1. The molecule has 1 amide bonds. The Balaban J connectivity index is 1.74. The van der Waals surface area contributed by atoms with Crippen molar-refractivity contribution in [2.24, 2.45) is 0 Å². The Bertz CT molecular complexity index is 1010. The summed E-state index contributed by atoms with van der Waals surface area (Å²) in [6, 6.07) is 10.9. The summed E-state index contributed by atoms with van der Waals surface area (Å²) in [6.45, 7) is 2.17. The molecule has 1 heterocycles. The van der Waals surface area contributed by atoms with Crippen molar-refractivity contribution in [1.82, 2.24) is 9.47 Å². The minimum Gasteiger partial charge on any atom is -0.408 e. The molecule has 3 aromatic rings. The topological polar surface area (TPSA) is 55.5 Å². The molecule has 0 N–H and O–H groups in total. The third kappa shape index (κ3) is 4.06. The summed E-state index contributed by atoms with van der Waals surface area (Å²) in [5.41, 5.74) is 1.87. The van der Waals surface area contributed by atoms with E-state index >= 15 is 0 Å². The highest BCUT2D eigenvalue weighted by Gasteiger charge is 2.21. The summed E-state index contributed by atoms with van der Waals surface area (Å²) < 4.78 is 19.8. The van der Waals surface area contributed by atoms with Crippen LogP contribution in [-0.2, 0) is 11.3 Å². The van der Waals surface area contributed by atoms with Gasteiger partial charge in [0.2, 0.25) is 5.91 Å². The molecule has 0 aliphatic heterocycles. The number of fused-ring (bicyclic) bond motifs is 1. The monoisotopic (exact) mass is 390 g/mol. The van der Waals surface area contributed by atoms with Crippen LogP contribution in [0.1, 0.15) is 31.4 Å². The normalized spacial score (nSPS) is 12.3. The highest BCUT2D eigenvalue weighted by Crippen LogP contribution is 2.24. The van der Waals surface area contributed by atoms with Gasteiger partial charge in [0.25, 0.3) is 0 Å². The molecule has 5 nitrogen and oxygen atoms in total. The average molecular weight is 391 g/mol. The van der Waals surface area contributed by atoms with Gasteiger partial charge in [0, 0.05) is 31.1 Å². The number of hydrogen-bond donors (Lipinski definition) is 0. The van der Waals surface area contributed by atoms with Gasteiger partial charge in [-0.05, 0) is 36.2 Å². The summed E-state index contributed by atoms with van der Waals surface area (Å²) in [7, 11) is 1.72. The van der Waals surface area contributed by atoms with Gasteiger partial charge in [-0.1, -0.05) is 30.7 Å². The van der Waals surface area contributed by atoms with Crippen LogP contribution in [0.15, 0.2) is 51.7 Å². The molecule has 0 fully saturated rings. The van der Waals surface area contributed by atoms with E-state index in [0.29, 0.717) is 22.5 Å². The zero-order valence-corrected chi connectivity index (χ0v) is 15.9. The lowest BCUT2D eigenvalue weighted by Gasteiger charge is -2.28. The fourth-order valence-electron chi connectivity index (χ4n) is 3.23. The molecule has 0 bridgehead atoms. The highest BCUT2D eigenvalue weighted by molar-refractivity contribution is 6.31. The molecule has 0 radical (unpaired) electrons. The van der Waals surface area contributed by atoms with Crippen LogP contribution >= 0.6 is 11.6 Å². The smallest absolute Gasteiger partial charge is 0.408 e. The number of rotatable bonds is 6. The second-order valence-electron chi connectivity index (χ2n) is 6.36. The summed E-state index contributed by atoms with van der Waals surface area (Å²) in [5, 5.41) is 0.476. The van der Waals surface area contributed by atoms with E-state index in [4.69, 9.17) is 16.0 Å². The van der Waals surface area contributed by atoms with Crippen molar-refractivity contribution in [2.45, 2.75) is 32.4 Å². The van der Waals surface area contributed by atoms with Crippen molar-refractivity contribution in [1.29, 1.82) is 0 Å². The first-order valence-electron chi connectivity index (χ1n) is 8.70. The van der Waals surface area contributed by atoms with Gasteiger partial charge < -0.3 is 9.32 Å². The SMILES string of the molecule is CC[C@H](c1ccc(F)cc1)N(C)C(=O)CCn1c(=O)oc2cc(Cl)ccc21. The summed E-state index contributed by atoms with van der Waals surface area (Å²) in [5.74, 6) is -0.941. The van der Waals surface area contributed by atoms with Gasteiger partial charge in [-0.2, -0.15) is 0 Å². The highest BCUT2D eigenvalue weighted by atomic mass is 35.5. The quantitative estimate of drug-likeness (QED) is 0.627. The van der Waals surface area contributed by atoms with E-state index < -0.39 is 5.76 Å². The van der Waals surface area contributed by atoms with Gasteiger partial charge in [0.05, 0.1) is 11.6 Å². The Kier molecular flexibility index (Phi) is 5.65. The standard InChI is InChI=1S/C20H20ClFN2O3/c1-3-16(13-4-7-15(22)8-5-13)23(2)19(25)10-11-24-17-9-6-14(21)12-18(17)27-20(24)26/h4-9,12,16H,3,10-11H2,1-2H3/t16-/m1/s1. The van der Waals surface area contributed by atoms with Gasteiger partial charge in [0.1, 0.15) is 5.82 Å². The molecule has 0 aliphatic carbocycles. The lowest BCUT2D eigenvalue weighted by molar-refractivity contribution is -0.132. The molecule has 0 spiro atoms. The van der Waals surface area contributed by atoms with Crippen LogP contribution in [0.2, 0.25) is 5.02 Å². The van der Waals surface area contributed by atoms with Crippen LogP contribution in [-0.4, -0.2) is 22.4 Å². The zero-order chi connectivity index (χ0) is 19.6. The van der Waals surface area contributed by atoms with Gasteiger partial charge >= 0.3 is 5.76 Å². The largest absolute Gasteiger partial charge is 0.419 e. The third-order valence-electron chi connectivity index (χ3n) is 4.68. The molecule has 3 rings (SSSR count). The second kappa shape index (κ2) is 7.96. The minimum atomic E-state index is -0.520. The lowest BCUT2D eigenvalue weighted by Crippen LogP contribution is -2.32. The van der Waals surface area contributed by atoms with Crippen LogP contribution in [0.4, 0.5) is 4.39 Å². The van der Waals surface area contributed by atoms with Crippen LogP contribution in [0.3, 0.4) is 0 Å². The van der Waals surface area contributed by atoms with Gasteiger partial charge in [-0.3, -0.25) is 9.36 Å². The van der Waals surface area contributed by atoms with Crippen LogP contribution in [0.5, 0.6) is 0 Å². The van der Waals surface area contributed by atoms with Gasteiger partial charge in [-0.15, -0.1) is 0 Å². The van der Waals surface area contributed by atoms with Crippen LogP contribution in [0.25, 0.3) is 11.1 Å². The summed E-state index contributed by atoms with van der Waals surface area (Å²) in [4.78, 5) is 26.4. The number of nitrogens with zero attached hydrogens (tertiary/aromatic N) is 2. The maximum atomic E-state index is 13.2. The van der Waals surface area contributed by atoms with E-state index in [-0.39, 0.29) is 30.7 Å². The Hall–Kier alpha value is -2.60. The van der Waals surface area contributed by atoms with Crippen LogP contribution in [0, 0.1) is 5.82 Å². The number of carbonyl (C=O) groups is 1. The maximum absolute atomic E-state index is 13.2. The molecule has 0 saturated carbocycles. The average Bonchev–Trinajstić information content (AvgIpc) is 2.95. The van der Waals surface area contributed by atoms with Gasteiger partial charge in [0.15, 0.2) is 5.58 Å². The van der Waals surface area contributed by atoms with Crippen LogP contribution < -0.4 is 5.76 Å². The van der Waals surface area contributed by atoms with Crippen molar-refractivity contribution < 1.29 is 13.6 Å². The van der Waals surface area contributed by atoms with Crippen molar-refractivity contribution in [3.05, 3.63) is 69.4 Å². The van der Waals surface area contributed by atoms with E-state index in [1.807, 2.05) is 6.92 Å². The fraction of sp³-hybridized carbons (Fsp3) is 0.300. The third-order valence-corrected chi connectivity index (χ3v) is 4.92. The maximum Gasteiger partial charge on any atom is 0.419 e.